The Morgan fingerprint density at radius 2 is 1.48 bits per heavy atom. The third-order valence-electron chi connectivity index (χ3n) is 5.76. The van der Waals surface area contributed by atoms with Crippen LogP contribution in [-0.4, -0.2) is 24.7 Å². The van der Waals surface area contributed by atoms with E-state index in [1.165, 1.54) is 0 Å². The van der Waals surface area contributed by atoms with Crippen molar-refractivity contribution in [2.75, 3.05) is 13.1 Å². The highest BCUT2D eigenvalue weighted by molar-refractivity contribution is 5.93. The molecule has 0 spiro atoms. The molecule has 1 aliphatic carbocycles. The summed E-state index contributed by atoms with van der Waals surface area (Å²) in [5.41, 5.74) is 4.00. The lowest BCUT2D eigenvalue weighted by Crippen LogP contribution is -2.43. The lowest BCUT2D eigenvalue weighted by Gasteiger charge is -2.37. The van der Waals surface area contributed by atoms with Gasteiger partial charge in [0.15, 0.2) is 0 Å². The van der Waals surface area contributed by atoms with Crippen LogP contribution in [-0.2, 0) is 9.53 Å². The van der Waals surface area contributed by atoms with E-state index in [2.05, 4.69) is 43.4 Å². The highest BCUT2D eigenvalue weighted by Crippen LogP contribution is 2.46. The highest BCUT2D eigenvalue weighted by Gasteiger charge is 2.40. The Balaban J connectivity index is 1.64. The number of hydrogen-bond donors (Lipinski definition) is 1. The highest BCUT2D eigenvalue weighted by atomic mass is 16.6. The Kier molecular flexibility index (Phi) is 4.12. The molecular weight excluding hydrogens is 310 g/mol. The van der Waals surface area contributed by atoms with Crippen LogP contribution >= 0.6 is 0 Å². The molecule has 1 saturated heterocycles. The van der Waals surface area contributed by atoms with Crippen LogP contribution in [0.5, 0.6) is 0 Å². The largest absolute Gasteiger partial charge is 0.459 e. The molecule has 0 saturated carbocycles. The van der Waals surface area contributed by atoms with Crippen LogP contribution < -0.4 is 5.32 Å². The summed E-state index contributed by atoms with van der Waals surface area (Å²) in [4.78, 5) is 13.2. The van der Waals surface area contributed by atoms with E-state index in [9.17, 15) is 4.79 Å². The first-order chi connectivity index (χ1) is 12.1. The van der Waals surface area contributed by atoms with E-state index < -0.39 is 5.60 Å². The molecular formula is C22H25NO2. The molecule has 1 heterocycles. The summed E-state index contributed by atoms with van der Waals surface area (Å²) in [7, 11) is 0. The first kappa shape index (κ1) is 16.3. The molecule has 2 aliphatic rings. The molecule has 3 nitrogen and oxygen atoms in total. The van der Waals surface area contributed by atoms with Gasteiger partial charge >= 0.3 is 5.97 Å². The van der Waals surface area contributed by atoms with Gasteiger partial charge < -0.3 is 10.1 Å². The molecule has 0 unspecified atom stereocenters. The van der Waals surface area contributed by atoms with Gasteiger partial charge in [0, 0.05) is 5.92 Å². The zero-order chi connectivity index (χ0) is 17.4. The number of hydrogen-bond acceptors (Lipinski definition) is 3. The number of ether oxygens (including phenoxy) is 1. The molecule has 2 aromatic rings. The van der Waals surface area contributed by atoms with Gasteiger partial charge in [-0.25, -0.2) is 0 Å². The van der Waals surface area contributed by atoms with E-state index in [1.54, 1.807) is 0 Å². The average molecular weight is 335 g/mol. The molecule has 3 heteroatoms. The molecule has 2 aromatic carbocycles. The SMILES string of the molecule is CC(C)(OC(=O)C1c2ccccc2-c2ccccc21)C1CCNCC1. The van der Waals surface area contributed by atoms with E-state index >= 15 is 0 Å². The predicted molar refractivity (Wildman–Crippen MR) is 99.5 cm³/mol. The van der Waals surface area contributed by atoms with Gasteiger partial charge in [0.2, 0.25) is 0 Å². The smallest absolute Gasteiger partial charge is 0.318 e. The Bertz CT molecular complexity index is 745. The Morgan fingerprint density at radius 1 is 0.960 bits per heavy atom. The second kappa shape index (κ2) is 6.30. The zero-order valence-corrected chi connectivity index (χ0v) is 14.9. The maximum atomic E-state index is 13.2. The number of carbonyl (C=O) groups excluding carboxylic acids is 1. The van der Waals surface area contributed by atoms with Gasteiger partial charge in [0.25, 0.3) is 0 Å². The number of piperidine rings is 1. The average Bonchev–Trinajstić information content (AvgIpc) is 2.97. The van der Waals surface area contributed by atoms with Crippen molar-refractivity contribution in [1.29, 1.82) is 0 Å². The fourth-order valence-corrected chi connectivity index (χ4v) is 4.33. The van der Waals surface area contributed by atoms with Crippen LogP contribution in [0.25, 0.3) is 11.1 Å². The minimum atomic E-state index is -0.439. The molecule has 0 aromatic heterocycles. The maximum Gasteiger partial charge on any atom is 0.318 e. The van der Waals surface area contributed by atoms with Crippen molar-refractivity contribution in [2.45, 2.75) is 38.2 Å². The van der Waals surface area contributed by atoms with Crippen LogP contribution in [0.15, 0.2) is 48.5 Å². The Hall–Kier alpha value is -2.13. The normalized spacial score (nSPS) is 17.8. The summed E-state index contributed by atoms with van der Waals surface area (Å²) in [6.07, 6.45) is 2.11. The molecule has 0 radical (unpaired) electrons. The minimum absolute atomic E-state index is 0.124. The van der Waals surface area contributed by atoms with Gasteiger partial charge in [-0.1, -0.05) is 48.5 Å². The molecule has 1 N–H and O–H groups in total. The summed E-state index contributed by atoms with van der Waals surface area (Å²) in [6, 6.07) is 16.4. The quantitative estimate of drug-likeness (QED) is 0.858. The maximum absolute atomic E-state index is 13.2. The minimum Gasteiger partial charge on any atom is -0.459 e. The van der Waals surface area contributed by atoms with Crippen LogP contribution in [0.4, 0.5) is 0 Å². The second-order valence-electron chi connectivity index (χ2n) is 7.66. The van der Waals surface area contributed by atoms with E-state index in [0.29, 0.717) is 5.92 Å². The second-order valence-corrected chi connectivity index (χ2v) is 7.66. The van der Waals surface area contributed by atoms with Crippen LogP contribution in [0.3, 0.4) is 0 Å². The fourth-order valence-electron chi connectivity index (χ4n) is 4.33. The van der Waals surface area contributed by atoms with E-state index in [0.717, 1.165) is 48.2 Å². The molecule has 0 bridgehead atoms. The van der Waals surface area contributed by atoms with Crippen LogP contribution in [0.2, 0.25) is 0 Å². The zero-order valence-electron chi connectivity index (χ0n) is 14.9. The van der Waals surface area contributed by atoms with Crippen molar-refractivity contribution in [3.63, 3.8) is 0 Å². The van der Waals surface area contributed by atoms with Crippen molar-refractivity contribution in [1.82, 2.24) is 5.32 Å². The third-order valence-corrected chi connectivity index (χ3v) is 5.76. The summed E-state index contributed by atoms with van der Waals surface area (Å²) in [5, 5.41) is 3.38. The molecule has 0 amide bonds. The molecule has 4 rings (SSSR count). The van der Waals surface area contributed by atoms with Crippen molar-refractivity contribution in [3.05, 3.63) is 59.7 Å². The standard InChI is InChI=1S/C22H25NO2/c1-22(2,15-11-13-23-14-12-15)25-21(24)20-18-9-5-3-7-16(18)17-8-4-6-10-19(17)20/h3-10,15,20,23H,11-14H2,1-2H3. The number of benzene rings is 2. The topological polar surface area (TPSA) is 38.3 Å². The van der Waals surface area contributed by atoms with Crippen molar-refractivity contribution in [2.24, 2.45) is 5.92 Å². The number of carbonyl (C=O) groups is 1. The predicted octanol–water partition coefficient (Wildman–Crippen LogP) is 4.12. The summed E-state index contributed by atoms with van der Waals surface area (Å²) in [6.45, 7) is 6.13. The van der Waals surface area contributed by atoms with Gasteiger partial charge in [-0.3, -0.25) is 4.79 Å². The van der Waals surface area contributed by atoms with Crippen LogP contribution in [0, 0.1) is 5.92 Å². The van der Waals surface area contributed by atoms with Gasteiger partial charge in [-0.15, -0.1) is 0 Å². The molecule has 1 fully saturated rings. The molecule has 1 aliphatic heterocycles. The summed E-state index contributed by atoms with van der Waals surface area (Å²) in [5.74, 6) is -0.0288. The van der Waals surface area contributed by atoms with Crippen molar-refractivity contribution in [3.8, 4) is 11.1 Å². The fraction of sp³-hybridized carbons (Fsp3) is 0.409. The molecule has 130 valence electrons. The van der Waals surface area contributed by atoms with Gasteiger partial charge in [-0.05, 0) is 62.0 Å². The number of nitrogens with one attached hydrogen (secondary N) is 1. The van der Waals surface area contributed by atoms with E-state index in [1.807, 2.05) is 24.3 Å². The number of rotatable bonds is 3. The molecule has 0 atom stereocenters. The first-order valence-electron chi connectivity index (χ1n) is 9.20. The third kappa shape index (κ3) is 2.87. The van der Waals surface area contributed by atoms with Gasteiger partial charge in [0.05, 0.1) is 0 Å². The molecule has 25 heavy (non-hydrogen) atoms. The number of fused-ring (bicyclic) bond motifs is 3. The Labute approximate surface area is 149 Å². The van der Waals surface area contributed by atoms with E-state index in [4.69, 9.17) is 4.74 Å². The van der Waals surface area contributed by atoms with E-state index in [-0.39, 0.29) is 11.9 Å². The van der Waals surface area contributed by atoms with Gasteiger partial charge in [-0.2, -0.15) is 0 Å². The number of esters is 1. The Morgan fingerprint density at radius 3 is 2.04 bits per heavy atom. The van der Waals surface area contributed by atoms with Crippen LogP contribution in [0.1, 0.15) is 43.7 Å². The lowest BCUT2D eigenvalue weighted by atomic mass is 9.83. The summed E-state index contributed by atoms with van der Waals surface area (Å²) < 4.78 is 6.11. The summed E-state index contributed by atoms with van der Waals surface area (Å²) >= 11 is 0. The van der Waals surface area contributed by atoms with Crippen molar-refractivity contribution < 1.29 is 9.53 Å². The van der Waals surface area contributed by atoms with Gasteiger partial charge in [0.1, 0.15) is 11.5 Å². The lowest BCUT2D eigenvalue weighted by molar-refractivity contribution is -0.163. The first-order valence-corrected chi connectivity index (χ1v) is 9.20. The monoisotopic (exact) mass is 335 g/mol. The van der Waals surface area contributed by atoms with Crippen molar-refractivity contribution >= 4 is 5.97 Å².